The fourth-order valence-corrected chi connectivity index (χ4v) is 3.29. The predicted molar refractivity (Wildman–Crippen MR) is 86.6 cm³/mol. The van der Waals surface area contributed by atoms with E-state index < -0.39 is 0 Å². The van der Waals surface area contributed by atoms with E-state index in [-0.39, 0.29) is 5.78 Å². The van der Waals surface area contributed by atoms with Gasteiger partial charge >= 0.3 is 0 Å². The molecule has 1 unspecified atom stereocenters. The third-order valence-corrected chi connectivity index (χ3v) is 4.83. The Bertz CT molecular complexity index is 542. The number of carbonyl (C=O) groups is 1. The molecule has 0 spiro atoms. The number of benzene rings is 1. The third-order valence-electron chi connectivity index (χ3n) is 4.25. The predicted octanol–water partition coefficient (Wildman–Crippen LogP) is 3.88. The molecule has 0 aromatic heterocycles. The summed E-state index contributed by atoms with van der Waals surface area (Å²) in [6.45, 7) is 8.50. The number of likely N-dealkylation sites (tertiary alicyclic amines) is 1. The average molecular weight is 310 g/mol. The van der Waals surface area contributed by atoms with Crippen molar-refractivity contribution < 1.29 is 9.53 Å². The van der Waals surface area contributed by atoms with Crippen LogP contribution in [-0.2, 0) is 0 Å². The molecule has 0 N–H and O–H groups in total. The second-order valence-corrected chi connectivity index (χ2v) is 6.49. The van der Waals surface area contributed by atoms with Gasteiger partial charge in [0.05, 0.1) is 19.2 Å². The van der Waals surface area contributed by atoms with Gasteiger partial charge in [0.15, 0.2) is 5.78 Å². The Morgan fingerprint density at radius 1 is 1.48 bits per heavy atom. The molecule has 21 heavy (non-hydrogen) atoms. The Labute approximate surface area is 132 Å². The summed E-state index contributed by atoms with van der Waals surface area (Å²) in [6.07, 6.45) is 2.42. The zero-order valence-corrected chi connectivity index (χ0v) is 14.1. The van der Waals surface area contributed by atoms with Crippen LogP contribution < -0.4 is 4.74 Å². The van der Waals surface area contributed by atoms with Gasteiger partial charge in [-0.3, -0.25) is 9.69 Å². The van der Waals surface area contributed by atoms with E-state index >= 15 is 0 Å². The van der Waals surface area contributed by atoms with Crippen molar-refractivity contribution in [3.05, 3.63) is 27.8 Å². The highest BCUT2D eigenvalue weighted by molar-refractivity contribution is 6.32. The number of hydrogen-bond donors (Lipinski definition) is 0. The molecule has 1 aromatic rings. The molecule has 1 aliphatic heterocycles. The van der Waals surface area contributed by atoms with E-state index in [9.17, 15) is 4.79 Å². The first-order valence-electron chi connectivity index (χ1n) is 7.53. The van der Waals surface area contributed by atoms with Crippen LogP contribution in [0.4, 0.5) is 0 Å². The topological polar surface area (TPSA) is 29.5 Å². The number of rotatable bonds is 4. The molecule has 1 fully saturated rings. The number of carbonyl (C=O) groups excluding carboxylic acids is 1. The molecule has 1 heterocycles. The van der Waals surface area contributed by atoms with Crippen molar-refractivity contribution in [2.24, 2.45) is 5.92 Å². The van der Waals surface area contributed by atoms with Gasteiger partial charge in [-0.2, -0.15) is 0 Å². The van der Waals surface area contributed by atoms with Crippen LogP contribution >= 0.6 is 11.6 Å². The maximum Gasteiger partial charge on any atom is 0.180 e. The summed E-state index contributed by atoms with van der Waals surface area (Å²) in [5.74, 6) is 1.39. The van der Waals surface area contributed by atoms with Crippen LogP contribution in [0, 0.1) is 19.8 Å². The van der Waals surface area contributed by atoms with Gasteiger partial charge in [0.2, 0.25) is 0 Å². The van der Waals surface area contributed by atoms with Crippen molar-refractivity contribution >= 4 is 17.4 Å². The molecule has 3 nitrogen and oxygen atoms in total. The van der Waals surface area contributed by atoms with Crippen LogP contribution in [0.15, 0.2) is 6.07 Å². The van der Waals surface area contributed by atoms with Crippen LogP contribution in [0.25, 0.3) is 0 Å². The zero-order valence-electron chi connectivity index (χ0n) is 13.3. The molecular formula is C17H24ClNO2. The van der Waals surface area contributed by atoms with Gasteiger partial charge in [-0.05, 0) is 56.3 Å². The number of nitrogens with zero attached hydrogens (tertiary/aromatic N) is 1. The molecule has 0 bridgehead atoms. The summed E-state index contributed by atoms with van der Waals surface area (Å²) in [5, 5.41) is 0.658. The summed E-state index contributed by atoms with van der Waals surface area (Å²) in [5.41, 5.74) is 2.39. The molecular weight excluding hydrogens is 286 g/mol. The lowest BCUT2D eigenvalue weighted by Crippen LogP contribution is -2.38. The summed E-state index contributed by atoms with van der Waals surface area (Å²) in [6, 6.07) is 1.85. The largest absolute Gasteiger partial charge is 0.496 e. The van der Waals surface area contributed by atoms with Crippen molar-refractivity contribution in [2.45, 2.75) is 33.6 Å². The van der Waals surface area contributed by atoms with E-state index in [0.29, 0.717) is 28.8 Å². The first kappa shape index (κ1) is 16.3. The van der Waals surface area contributed by atoms with E-state index in [4.69, 9.17) is 16.3 Å². The molecule has 1 aliphatic rings. The summed E-state index contributed by atoms with van der Waals surface area (Å²) in [4.78, 5) is 14.9. The SMILES string of the molecule is COc1cc(C)c(Cl)c(C)c1C(=O)CN1CCCC(C)C1. The van der Waals surface area contributed by atoms with Gasteiger partial charge in [0.1, 0.15) is 5.75 Å². The molecule has 1 aromatic carbocycles. The van der Waals surface area contributed by atoms with Gasteiger partial charge in [-0.1, -0.05) is 18.5 Å². The molecule has 2 rings (SSSR count). The number of halogens is 1. The van der Waals surface area contributed by atoms with Gasteiger partial charge in [0, 0.05) is 11.6 Å². The Kier molecular flexibility index (Phi) is 5.28. The molecule has 1 atom stereocenters. The van der Waals surface area contributed by atoms with Gasteiger partial charge in [-0.15, -0.1) is 0 Å². The monoisotopic (exact) mass is 309 g/mol. The van der Waals surface area contributed by atoms with Gasteiger partial charge < -0.3 is 4.74 Å². The molecule has 0 amide bonds. The van der Waals surface area contributed by atoms with Gasteiger partial charge in [0.25, 0.3) is 0 Å². The number of ketones is 1. The number of piperidine rings is 1. The van der Waals surface area contributed by atoms with E-state index in [0.717, 1.165) is 24.2 Å². The summed E-state index contributed by atoms with van der Waals surface area (Å²) in [7, 11) is 1.60. The van der Waals surface area contributed by atoms with Crippen LogP contribution in [0.5, 0.6) is 5.75 Å². The standard InChI is InChI=1S/C17H24ClNO2/c1-11-6-5-7-19(9-11)10-14(20)16-13(3)17(18)12(2)8-15(16)21-4/h8,11H,5-7,9-10H2,1-4H3. The molecule has 116 valence electrons. The lowest BCUT2D eigenvalue weighted by Gasteiger charge is -2.30. The number of ether oxygens (including phenoxy) is 1. The highest BCUT2D eigenvalue weighted by Gasteiger charge is 2.23. The minimum Gasteiger partial charge on any atom is -0.496 e. The summed E-state index contributed by atoms with van der Waals surface area (Å²) < 4.78 is 5.40. The van der Waals surface area contributed by atoms with Crippen LogP contribution in [0.3, 0.4) is 0 Å². The molecule has 4 heteroatoms. The number of hydrogen-bond acceptors (Lipinski definition) is 3. The van der Waals surface area contributed by atoms with Crippen LogP contribution in [-0.4, -0.2) is 37.4 Å². The first-order valence-corrected chi connectivity index (χ1v) is 7.91. The fraction of sp³-hybridized carbons (Fsp3) is 0.588. The Hall–Kier alpha value is -1.06. The highest BCUT2D eigenvalue weighted by atomic mass is 35.5. The summed E-state index contributed by atoms with van der Waals surface area (Å²) >= 11 is 6.30. The van der Waals surface area contributed by atoms with Crippen molar-refractivity contribution in [1.29, 1.82) is 0 Å². The van der Waals surface area contributed by atoms with Crippen LogP contribution in [0.1, 0.15) is 41.3 Å². The number of methoxy groups -OCH3 is 1. The third kappa shape index (κ3) is 3.58. The van der Waals surface area contributed by atoms with Crippen molar-refractivity contribution in [3.63, 3.8) is 0 Å². The lowest BCUT2D eigenvalue weighted by molar-refractivity contribution is 0.0889. The van der Waals surface area contributed by atoms with E-state index in [1.54, 1.807) is 7.11 Å². The van der Waals surface area contributed by atoms with E-state index in [1.165, 1.54) is 12.8 Å². The quantitative estimate of drug-likeness (QED) is 0.791. The number of Topliss-reactive ketones (excluding diaryl/α,β-unsaturated/α-hetero) is 1. The minimum absolute atomic E-state index is 0.0975. The highest BCUT2D eigenvalue weighted by Crippen LogP contribution is 2.32. The van der Waals surface area contributed by atoms with Crippen LogP contribution in [0.2, 0.25) is 5.02 Å². The van der Waals surface area contributed by atoms with E-state index in [1.807, 2.05) is 19.9 Å². The Morgan fingerprint density at radius 2 is 2.19 bits per heavy atom. The normalized spacial score (nSPS) is 19.6. The van der Waals surface area contributed by atoms with Crippen molar-refractivity contribution in [1.82, 2.24) is 4.90 Å². The second kappa shape index (κ2) is 6.80. The van der Waals surface area contributed by atoms with Crippen molar-refractivity contribution in [3.8, 4) is 5.75 Å². The molecule has 0 radical (unpaired) electrons. The first-order chi connectivity index (χ1) is 9.93. The number of aryl methyl sites for hydroxylation is 1. The maximum absolute atomic E-state index is 12.7. The molecule has 1 saturated heterocycles. The molecule has 0 aliphatic carbocycles. The lowest BCUT2D eigenvalue weighted by atomic mass is 9.97. The van der Waals surface area contributed by atoms with Gasteiger partial charge in [-0.25, -0.2) is 0 Å². The smallest absolute Gasteiger partial charge is 0.180 e. The van der Waals surface area contributed by atoms with Crippen molar-refractivity contribution in [2.75, 3.05) is 26.7 Å². The Balaban J connectivity index is 2.24. The fourth-order valence-electron chi connectivity index (χ4n) is 3.14. The average Bonchev–Trinajstić information content (AvgIpc) is 2.44. The second-order valence-electron chi connectivity index (χ2n) is 6.12. The Morgan fingerprint density at radius 3 is 2.81 bits per heavy atom. The van der Waals surface area contributed by atoms with E-state index in [2.05, 4.69) is 11.8 Å². The maximum atomic E-state index is 12.7. The zero-order chi connectivity index (χ0) is 15.6. The molecule has 0 saturated carbocycles. The minimum atomic E-state index is 0.0975.